The van der Waals surface area contributed by atoms with Gasteiger partial charge in [-0.05, 0) is 43.5 Å². The number of rotatable bonds is 4. The molecule has 0 aliphatic carbocycles. The molecule has 1 unspecified atom stereocenters. The number of hydrogen-bond donors (Lipinski definition) is 2. The molecule has 1 aliphatic rings. The molecular formula is C15H20N2O3. The zero-order valence-electron chi connectivity index (χ0n) is 11.8. The summed E-state index contributed by atoms with van der Waals surface area (Å²) in [5, 5.41) is 11.9. The minimum atomic E-state index is -0.417. The van der Waals surface area contributed by atoms with E-state index < -0.39 is 6.10 Å². The number of nitrogens with one attached hydrogen (secondary N) is 1. The second-order valence-electron chi connectivity index (χ2n) is 5.16. The molecule has 0 radical (unpaired) electrons. The maximum atomic E-state index is 12.0. The third-order valence-corrected chi connectivity index (χ3v) is 3.47. The molecule has 0 saturated heterocycles. The van der Waals surface area contributed by atoms with Crippen LogP contribution in [-0.2, 0) is 11.2 Å². The Hall–Kier alpha value is -1.88. The van der Waals surface area contributed by atoms with E-state index in [0.29, 0.717) is 25.1 Å². The Morgan fingerprint density at radius 2 is 2.20 bits per heavy atom. The standard InChI is InChI=1S/C15H20N2O3/c1-10(18)5-7-16-15(20)13-3-4-14-12(9-13)6-8-17(14)11(2)19/h3-4,9-10,18H,5-8H2,1-2H3,(H,16,20). The summed E-state index contributed by atoms with van der Waals surface area (Å²) in [7, 11) is 0. The Morgan fingerprint density at radius 3 is 2.85 bits per heavy atom. The third kappa shape index (κ3) is 3.17. The lowest BCUT2D eigenvalue weighted by atomic mass is 10.1. The van der Waals surface area contributed by atoms with Crippen LogP contribution in [0.5, 0.6) is 0 Å². The van der Waals surface area contributed by atoms with Gasteiger partial charge in [0.05, 0.1) is 6.10 Å². The van der Waals surface area contributed by atoms with Crippen molar-refractivity contribution < 1.29 is 14.7 Å². The van der Waals surface area contributed by atoms with Crippen molar-refractivity contribution in [1.82, 2.24) is 5.32 Å². The second-order valence-corrected chi connectivity index (χ2v) is 5.16. The molecule has 5 nitrogen and oxygen atoms in total. The molecule has 0 bridgehead atoms. The highest BCUT2D eigenvalue weighted by molar-refractivity contribution is 5.97. The molecule has 2 amide bonds. The average Bonchev–Trinajstić information content (AvgIpc) is 2.80. The molecule has 1 atom stereocenters. The molecule has 5 heteroatoms. The maximum Gasteiger partial charge on any atom is 0.251 e. The number of carbonyl (C=O) groups is 2. The zero-order chi connectivity index (χ0) is 14.7. The van der Waals surface area contributed by atoms with Crippen LogP contribution in [0.3, 0.4) is 0 Å². The molecule has 1 aromatic carbocycles. The van der Waals surface area contributed by atoms with Crippen LogP contribution in [0.15, 0.2) is 18.2 Å². The van der Waals surface area contributed by atoms with Gasteiger partial charge in [0.25, 0.3) is 5.91 Å². The number of fused-ring (bicyclic) bond motifs is 1. The molecule has 0 saturated carbocycles. The number of amides is 2. The van der Waals surface area contributed by atoms with Gasteiger partial charge in [0, 0.05) is 31.3 Å². The van der Waals surface area contributed by atoms with Crippen LogP contribution >= 0.6 is 0 Å². The molecule has 1 aromatic rings. The average molecular weight is 276 g/mol. The summed E-state index contributed by atoms with van der Waals surface area (Å²) >= 11 is 0. The van der Waals surface area contributed by atoms with Crippen LogP contribution in [0.4, 0.5) is 5.69 Å². The summed E-state index contributed by atoms with van der Waals surface area (Å²) in [6, 6.07) is 5.40. The van der Waals surface area contributed by atoms with Crippen molar-refractivity contribution in [2.75, 3.05) is 18.0 Å². The molecule has 108 valence electrons. The lowest BCUT2D eigenvalue weighted by Gasteiger charge is -2.14. The van der Waals surface area contributed by atoms with Crippen LogP contribution in [-0.4, -0.2) is 36.1 Å². The highest BCUT2D eigenvalue weighted by atomic mass is 16.3. The summed E-state index contributed by atoms with van der Waals surface area (Å²) in [6.07, 6.45) is 0.901. The van der Waals surface area contributed by atoms with Gasteiger partial charge in [0.1, 0.15) is 0 Å². The predicted molar refractivity (Wildman–Crippen MR) is 76.8 cm³/mol. The van der Waals surface area contributed by atoms with E-state index in [1.165, 1.54) is 0 Å². The smallest absolute Gasteiger partial charge is 0.251 e. The van der Waals surface area contributed by atoms with Crippen molar-refractivity contribution in [3.8, 4) is 0 Å². The zero-order valence-corrected chi connectivity index (χ0v) is 11.8. The lowest BCUT2D eigenvalue weighted by molar-refractivity contribution is -0.116. The first-order chi connectivity index (χ1) is 9.49. The highest BCUT2D eigenvalue weighted by Gasteiger charge is 2.22. The summed E-state index contributed by atoms with van der Waals surface area (Å²) in [5.74, 6) is -0.118. The Balaban J connectivity index is 2.05. The minimum Gasteiger partial charge on any atom is -0.393 e. The molecule has 20 heavy (non-hydrogen) atoms. The van der Waals surface area contributed by atoms with Crippen LogP contribution in [0.2, 0.25) is 0 Å². The Bertz CT molecular complexity index is 526. The lowest BCUT2D eigenvalue weighted by Crippen LogP contribution is -2.27. The first kappa shape index (κ1) is 14.5. The Kier molecular flexibility index (Phi) is 4.39. The van der Waals surface area contributed by atoms with E-state index in [1.807, 2.05) is 12.1 Å². The highest BCUT2D eigenvalue weighted by Crippen LogP contribution is 2.28. The van der Waals surface area contributed by atoms with Crippen molar-refractivity contribution in [2.24, 2.45) is 0 Å². The number of hydrogen-bond acceptors (Lipinski definition) is 3. The van der Waals surface area contributed by atoms with Crippen molar-refractivity contribution >= 4 is 17.5 Å². The van der Waals surface area contributed by atoms with Crippen molar-refractivity contribution in [2.45, 2.75) is 32.8 Å². The molecule has 1 aliphatic heterocycles. The van der Waals surface area contributed by atoms with Crippen molar-refractivity contribution in [1.29, 1.82) is 0 Å². The fourth-order valence-corrected chi connectivity index (χ4v) is 2.37. The first-order valence-electron chi connectivity index (χ1n) is 6.86. The van der Waals surface area contributed by atoms with Crippen LogP contribution < -0.4 is 10.2 Å². The van der Waals surface area contributed by atoms with Gasteiger partial charge in [-0.25, -0.2) is 0 Å². The normalized spacial score (nSPS) is 14.8. The molecule has 0 fully saturated rings. The molecule has 2 rings (SSSR count). The number of aliphatic hydroxyl groups excluding tert-OH is 1. The summed E-state index contributed by atoms with van der Waals surface area (Å²) in [5.41, 5.74) is 2.53. The number of aliphatic hydroxyl groups is 1. The van der Waals surface area contributed by atoms with Gasteiger partial charge < -0.3 is 15.3 Å². The third-order valence-electron chi connectivity index (χ3n) is 3.47. The number of benzene rings is 1. The van der Waals surface area contributed by atoms with Gasteiger partial charge in [-0.3, -0.25) is 9.59 Å². The SMILES string of the molecule is CC(=O)N1CCc2cc(C(=O)NCCC(C)O)ccc21. The summed E-state index contributed by atoms with van der Waals surface area (Å²) < 4.78 is 0. The number of nitrogens with zero attached hydrogens (tertiary/aromatic N) is 1. The minimum absolute atomic E-state index is 0.0258. The largest absolute Gasteiger partial charge is 0.393 e. The van der Waals surface area contributed by atoms with Crippen molar-refractivity contribution in [3.63, 3.8) is 0 Å². The van der Waals surface area contributed by atoms with Gasteiger partial charge in [-0.1, -0.05) is 0 Å². The molecule has 1 heterocycles. The van der Waals surface area contributed by atoms with E-state index >= 15 is 0 Å². The Morgan fingerprint density at radius 1 is 1.45 bits per heavy atom. The molecular weight excluding hydrogens is 256 g/mol. The molecule has 0 spiro atoms. The first-order valence-corrected chi connectivity index (χ1v) is 6.86. The van der Waals surface area contributed by atoms with E-state index in [2.05, 4.69) is 5.32 Å². The topological polar surface area (TPSA) is 69.6 Å². The maximum absolute atomic E-state index is 12.0. The fourth-order valence-electron chi connectivity index (χ4n) is 2.37. The van der Waals surface area contributed by atoms with Gasteiger partial charge in [-0.15, -0.1) is 0 Å². The summed E-state index contributed by atoms with van der Waals surface area (Å²) in [6.45, 7) is 4.37. The Labute approximate surface area is 118 Å². The summed E-state index contributed by atoms with van der Waals surface area (Å²) in [4.78, 5) is 25.2. The number of anilines is 1. The van der Waals surface area contributed by atoms with E-state index in [1.54, 1.807) is 24.8 Å². The van der Waals surface area contributed by atoms with E-state index in [4.69, 9.17) is 5.11 Å². The van der Waals surface area contributed by atoms with Crippen LogP contribution in [0, 0.1) is 0 Å². The predicted octanol–water partition coefficient (Wildman–Crippen LogP) is 1.10. The van der Waals surface area contributed by atoms with Gasteiger partial charge in [-0.2, -0.15) is 0 Å². The van der Waals surface area contributed by atoms with Crippen LogP contribution in [0.1, 0.15) is 36.2 Å². The van der Waals surface area contributed by atoms with E-state index in [-0.39, 0.29) is 11.8 Å². The second kappa shape index (κ2) is 6.05. The van der Waals surface area contributed by atoms with E-state index in [9.17, 15) is 9.59 Å². The quantitative estimate of drug-likeness (QED) is 0.865. The van der Waals surface area contributed by atoms with Crippen LogP contribution in [0.25, 0.3) is 0 Å². The number of carbonyl (C=O) groups excluding carboxylic acids is 2. The molecule has 2 N–H and O–H groups in total. The van der Waals surface area contributed by atoms with Gasteiger partial charge in [0.15, 0.2) is 0 Å². The van der Waals surface area contributed by atoms with E-state index in [0.717, 1.165) is 17.7 Å². The monoisotopic (exact) mass is 276 g/mol. The van der Waals surface area contributed by atoms with Gasteiger partial charge in [0.2, 0.25) is 5.91 Å². The van der Waals surface area contributed by atoms with Crippen molar-refractivity contribution in [3.05, 3.63) is 29.3 Å². The van der Waals surface area contributed by atoms with Gasteiger partial charge >= 0.3 is 0 Å². The molecule has 0 aromatic heterocycles. The fraction of sp³-hybridized carbons (Fsp3) is 0.467.